The molecule has 10 heteroatoms. The molecule has 0 bridgehead atoms. The van der Waals surface area contributed by atoms with Crippen LogP contribution in [0.25, 0.3) is 0 Å². The fourth-order valence-corrected chi connectivity index (χ4v) is 5.35. The van der Waals surface area contributed by atoms with Crippen LogP contribution >= 0.6 is 0 Å². The molecule has 0 saturated carbocycles. The molecular weight excluding hydrogens is 515 g/mol. The van der Waals surface area contributed by atoms with Gasteiger partial charge in [0.05, 0.1) is 12.7 Å². The number of pyridine rings is 1. The van der Waals surface area contributed by atoms with Crippen LogP contribution in [-0.2, 0) is 38.3 Å². The summed E-state index contributed by atoms with van der Waals surface area (Å²) in [7, 11) is 1.47. The van der Waals surface area contributed by atoms with E-state index in [-0.39, 0.29) is 6.42 Å². The highest BCUT2D eigenvalue weighted by atomic mass is 19.1. The van der Waals surface area contributed by atoms with Crippen molar-refractivity contribution in [3.8, 4) is 0 Å². The van der Waals surface area contributed by atoms with E-state index in [1.54, 1.807) is 0 Å². The quantitative estimate of drug-likeness (QED) is 0.287. The summed E-state index contributed by atoms with van der Waals surface area (Å²) in [6.45, 7) is 2.10. The summed E-state index contributed by atoms with van der Waals surface area (Å²) in [4.78, 5) is 31.9. The first kappa shape index (κ1) is 29.9. The van der Waals surface area contributed by atoms with E-state index in [2.05, 4.69) is 22.8 Å². The molecule has 4 rings (SSSR count). The van der Waals surface area contributed by atoms with E-state index in [1.165, 1.54) is 12.7 Å². The first-order chi connectivity index (χ1) is 19.5. The van der Waals surface area contributed by atoms with Crippen molar-refractivity contribution in [1.82, 2.24) is 15.2 Å². The number of anilines is 1. The second-order valence-electron chi connectivity index (χ2n) is 10.5. The molecule has 0 fully saturated rings. The third-order valence-corrected chi connectivity index (χ3v) is 7.66. The van der Waals surface area contributed by atoms with E-state index < -0.39 is 36.8 Å². The van der Waals surface area contributed by atoms with Gasteiger partial charge in [0.15, 0.2) is 6.10 Å². The molecule has 218 valence electrons. The molecule has 0 saturated heterocycles. The molecule has 0 aliphatic carbocycles. The lowest BCUT2D eigenvalue weighted by Crippen LogP contribution is -2.46. The Balaban J connectivity index is 1.31. The van der Waals surface area contributed by atoms with E-state index in [0.29, 0.717) is 32.7 Å². The number of halogens is 1. The summed E-state index contributed by atoms with van der Waals surface area (Å²) >= 11 is 0. The maximum Gasteiger partial charge on any atom is 0.326 e. The lowest BCUT2D eigenvalue weighted by molar-refractivity contribution is -0.145. The predicted molar refractivity (Wildman–Crippen MR) is 150 cm³/mol. The van der Waals surface area contributed by atoms with E-state index in [1.807, 2.05) is 29.2 Å². The Morgan fingerprint density at radius 3 is 2.85 bits per heavy atom. The Bertz CT molecular complexity index is 1130. The maximum absolute atomic E-state index is 13.5. The number of nitrogens with one attached hydrogen (secondary N) is 2. The summed E-state index contributed by atoms with van der Waals surface area (Å²) in [5, 5.41) is 15.9. The number of fused-ring (bicyclic) bond motifs is 2. The van der Waals surface area contributed by atoms with Crippen LogP contribution in [0.2, 0.25) is 0 Å². The lowest BCUT2D eigenvalue weighted by Gasteiger charge is -2.28. The molecule has 2 aliphatic rings. The number of aromatic nitrogens is 1. The highest BCUT2D eigenvalue weighted by Gasteiger charge is 2.31. The van der Waals surface area contributed by atoms with E-state index in [4.69, 9.17) is 14.5 Å². The van der Waals surface area contributed by atoms with Crippen LogP contribution in [0.15, 0.2) is 36.4 Å². The number of rotatable bonds is 15. The van der Waals surface area contributed by atoms with Crippen LogP contribution < -0.4 is 10.6 Å². The number of benzene rings is 1. The molecule has 1 aromatic heterocycles. The minimum absolute atomic E-state index is 0.177. The molecule has 0 radical (unpaired) electrons. The highest BCUT2D eigenvalue weighted by molar-refractivity contribution is 5.87. The van der Waals surface area contributed by atoms with Gasteiger partial charge >= 0.3 is 5.97 Å². The van der Waals surface area contributed by atoms with Gasteiger partial charge in [-0.2, -0.15) is 0 Å². The number of amides is 1. The molecule has 9 nitrogen and oxygen atoms in total. The molecule has 1 amide bonds. The Morgan fingerprint density at radius 1 is 1.20 bits per heavy atom. The number of hydrogen-bond donors (Lipinski definition) is 3. The number of unbranched alkanes of at least 4 members (excludes halogenated alkanes) is 1. The summed E-state index contributed by atoms with van der Waals surface area (Å²) in [5.74, 6) is -0.588. The normalized spacial score (nSPS) is 17.8. The number of aryl methyl sites for hydroxylation is 2. The first-order valence-corrected chi connectivity index (χ1v) is 14.2. The van der Waals surface area contributed by atoms with Gasteiger partial charge in [0.1, 0.15) is 18.5 Å². The molecule has 1 unspecified atom stereocenters. The van der Waals surface area contributed by atoms with Gasteiger partial charge in [-0.15, -0.1) is 0 Å². The molecule has 3 heterocycles. The average molecular weight is 557 g/mol. The third-order valence-electron chi connectivity index (χ3n) is 7.66. The number of carbonyl (C=O) groups is 2. The number of nitrogens with zero attached hydrogens (tertiary/aromatic N) is 2. The Hall–Kier alpha value is -3.08. The van der Waals surface area contributed by atoms with Gasteiger partial charge in [0.2, 0.25) is 0 Å². The second kappa shape index (κ2) is 15.1. The summed E-state index contributed by atoms with van der Waals surface area (Å²) in [6.07, 6.45) is 4.20. The first-order valence-electron chi connectivity index (χ1n) is 14.2. The van der Waals surface area contributed by atoms with Crippen molar-refractivity contribution < 1.29 is 28.6 Å². The largest absolute Gasteiger partial charge is 0.480 e. The zero-order valence-electron chi connectivity index (χ0n) is 23.2. The monoisotopic (exact) mass is 556 g/mol. The molecule has 1 aromatic carbocycles. The predicted octanol–water partition coefficient (Wildman–Crippen LogP) is 3.32. The maximum atomic E-state index is 13.5. The van der Waals surface area contributed by atoms with Crippen molar-refractivity contribution in [2.75, 3.05) is 51.9 Å². The van der Waals surface area contributed by atoms with Crippen LogP contribution in [0.3, 0.4) is 0 Å². The summed E-state index contributed by atoms with van der Waals surface area (Å²) in [5.41, 5.74) is 4.11. The molecule has 40 heavy (non-hydrogen) atoms. The smallest absolute Gasteiger partial charge is 0.326 e. The van der Waals surface area contributed by atoms with Crippen LogP contribution in [0.1, 0.15) is 54.2 Å². The summed E-state index contributed by atoms with van der Waals surface area (Å²) < 4.78 is 24.4. The van der Waals surface area contributed by atoms with Gasteiger partial charge in [0, 0.05) is 32.4 Å². The number of carbonyl (C=O) groups excluding carboxylic acids is 1. The van der Waals surface area contributed by atoms with Gasteiger partial charge in [-0.05, 0) is 74.2 Å². The number of ether oxygens (including phenoxy) is 2. The Kier molecular flexibility index (Phi) is 11.3. The van der Waals surface area contributed by atoms with Gasteiger partial charge in [-0.1, -0.05) is 30.3 Å². The molecule has 2 aliphatic heterocycles. The van der Waals surface area contributed by atoms with Gasteiger partial charge in [0.25, 0.3) is 5.91 Å². The van der Waals surface area contributed by atoms with Crippen molar-refractivity contribution in [3.05, 3.63) is 58.8 Å². The Morgan fingerprint density at radius 2 is 2.05 bits per heavy atom. The fourth-order valence-electron chi connectivity index (χ4n) is 5.35. The summed E-state index contributed by atoms with van der Waals surface area (Å²) in [6, 6.07) is 10.7. The molecule has 2 aromatic rings. The second-order valence-corrected chi connectivity index (χ2v) is 10.5. The highest BCUT2D eigenvalue weighted by Crippen LogP contribution is 2.27. The number of carboxylic acids is 1. The van der Waals surface area contributed by atoms with Crippen molar-refractivity contribution in [1.29, 1.82) is 0 Å². The minimum atomic E-state index is -1.11. The van der Waals surface area contributed by atoms with E-state index >= 15 is 0 Å². The number of carboxylic acid groups (broad SMARTS) is 1. The SMILES string of the molecule is CO[C@H](CF)CN(CCCCc1ccc2c(n1)NCCC2)CC[C@H](NC(=O)C1OCCc2ccccc21)C(=O)O. The van der Waals surface area contributed by atoms with Crippen molar-refractivity contribution in [3.63, 3.8) is 0 Å². The van der Waals surface area contributed by atoms with Crippen LogP contribution in [-0.4, -0.2) is 85.6 Å². The molecule has 3 atom stereocenters. The van der Waals surface area contributed by atoms with Gasteiger partial charge in [-0.25, -0.2) is 14.2 Å². The fraction of sp³-hybridized carbons (Fsp3) is 0.567. The van der Waals surface area contributed by atoms with Crippen molar-refractivity contribution in [2.45, 2.75) is 63.2 Å². The van der Waals surface area contributed by atoms with Gasteiger partial charge in [-0.3, -0.25) is 4.79 Å². The minimum Gasteiger partial charge on any atom is -0.480 e. The van der Waals surface area contributed by atoms with Crippen molar-refractivity contribution >= 4 is 17.7 Å². The molecule has 0 spiro atoms. The Labute approximate surface area is 235 Å². The van der Waals surface area contributed by atoms with Crippen LogP contribution in [0.4, 0.5) is 10.2 Å². The molecule has 3 N–H and O–H groups in total. The van der Waals surface area contributed by atoms with Crippen molar-refractivity contribution in [2.24, 2.45) is 0 Å². The lowest BCUT2D eigenvalue weighted by atomic mass is 9.97. The van der Waals surface area contributed by atoms with Crippen LogP contribution in [0, 0.1) is 0 Å². The topological polar surface area (TPSA) is 113 Å². The number of hydrogen-bond acceptors (Lipinski definition) is 7. The number of methoxy groups -OCH3 is 1. The third kappa shape index (κ3) is 8.22. The van der Waals surface area contributed by atoms with Crippen LogP contribution in [0.5, 0.6) is 0 Å². The molecular formula is C30H41FN4O5. The van der Waals surface area contributed by atoms with E-state index in [9.17, 15) is 19.1 Å². The van der Waals surface area contributed by atoms with Gasteiger partial charge < -0.3 is 30.1 Å². The number of alkyl halides is 1. The number of aliphatic carboxylic acids is 1. The average Bonchev–Trinajstić information content (AvgIpc) is 2.98. The standard InChI is InChI=1S/C30H41FN4O5/c1-39-24(19-31)20-35(16-5-4-9-23-12-11-22-8-6-15-32-28(22)33-23)17-13-26(30(37)38)34-29(36)27-25-10-3-2-7-21(25)14-18-40-27/h2-3,7,10-12,24,26-27H,4-6,8-9,13-20H2,1H3,(H,32,33)(H,34,36)(H,37,38)/t24-,26+,27?/m1/s1. The zero-order valence-corrected chi connectivity index (χ0v) is 23.2. The van der Waals surface area contributed by atoms with E-state index in [0.717, 1.165) is 61.3 Å². The zero-order chi connectivity index (χ0) is 28.3.